The summed E-state index contributed by atoms with van der Waals surface area (Å²) >= 11 is 0. The van der Waals surface area contributed by atoms with Crippen LogP contribution in [-0.4, -0.2) is 65.9 Å². The van der Waals surface area contributed by atoms with Crippen LogP contribution in [0.5, 0.6) is 0 Å². The number of nitrogens with zero attached hydrogens (tertiary/aromatic N) is 2. The zero-order chi connectivity index (χ0) is 27.7. The molecule has 0 aromatic heterocycles. The molecular weight excluding hydrogens is 498 g/mol. The van der Waals surface area contributed by atoms with E-state index in [2.05, 4.69) is 10.6 Å². The van der Waals surface area contributed by atoms with Gasteiger partial charge in [0.25, 0.3) is 11.8 Å². The molecule has 1 aromatic carbocycles. The number of hydrogen-bond donors (Lipinski definition) is 2. The van der Waals surface area contributed by atoms with Crippen molar-refractivity contribution in [1.82, 2.24) is 15.5 Å². The fraction of sp³-hybridized carbons (Fsp3) is 0.630. The predicted molar refractivity (Wildman–Crippen MR) is 136 cm³/mol. The number of amides is 4. The van der Waals surface area contributed by atoms with Crippen molar-refractivity contribution >= 4 is 29.5 Å². The third kappa shape index (κ3) is 6.99. The molecule has 1 aliphatic carbocycles. The van der Waals surface area contributed by atoms with Gasteiger partial charge < -0.3 is 19.9 Å². The van der Waals surface area contributed by atoms with E-state index in [0.717, 1.165) is 19.3 Å². The van der Waals surface area contributed by atoms with Crippen molar-refractivity contribution < 1.29 is 32.7 Å². The number of imide groups is 1. The molecule has 2 fully saturated rings. The molecule has 2 aliphatic heterocycles. The Labute approximate surface area is 221 Å². The number of nitrogens with one attached hydrogen (secondary N) is 2. The second kappa shape index (κ2) is 10.9. The minimum atomic E-state index is -3.17. The summed E-state index contributed by atoms with van der Waals surface area (Å²) in [6, 6.07) is 4.49. The molecule has 11 heteroatoms. The first kappa shape index (κ1) is 27.8. The summed E-state index contributed by atoms with van der Waals surface area (Å²) in [5, 5.41) is 4.45. The molecular formula is C27H36F2N4O5. The molecule has 1 unspecified atom stereocenters. The van der Waals surface area contributed by atoms with E-state index in [9.17, 15) is 28.0 Å². The largest absolute Gasteiger partial charge is 0.444 e. The number of halogens is 2. The zero-order valence-corrected chi connectivity index (χ0v) is 22.1. The Hall–Kier alpha value is -3.24. The Bertz CT molecular complexity index is 1100. The molecule has 0 spiro atoms. The number of hydrogen-bond acceptors (Lipinski definition) is 6. The smallest absolute Gasteiger partial charge is 0.407 e. The molecule has 2 N–H and O–H groups in total. The maximum absolute atomic E-state index is 14.8. The number of alkyl carbamates (subject to hydrolysis) is 1. The van der Waals surface area contributed by atoms with Gasteiger partial charge in [-0.05, 0) is 51.7 Å². The average molecular weight is 535 g/mol. The van der Waals surface area contributed by atoms with Crippen molar-refractivity contribution in [3.05, 3.63) is 29.3 Å². The van der Waals surface area contributed by atoms with Crippen LogP contribution in [-0.2, 0) is 20.9 Å². The van der Waals surface area contributed by atoms with Crippen LogP contribution in [0.25, 0.3) is 0 Å². The van der Waals surface area contributed by atoms with Gasteiger partial charge >= 0.3 is 6.09 Å². The Kier molecular flexibility index (Phi) is 7.94. The van der Waals surface area contributed by atoms with E-state index in [1.54, 1.807) is 32.9 Å². The monoisotopic (exact) mass is 534 g/mol. The van der Waals surface area contributed by atoms with Crippen LogP contribution in [0.2, 0.25) is 0 Å². The highest BCUT2D eigenvalue weighted by Gasteiger charge is 2.41. The normalized spacial score (nSPS) is 19.8. The fourth-order valence-corrected chi connectivity index (χ4v) is 4.87. The SMILES string of the molecule is CC(C)(C)OC(=O)NCC(F)(F)CCN(CCC1CC1)c1cccc2c1CN(C1CCC(=O)NC1=O)C2=O. The lowest BCUT2D eigenvalue weighted by atomic mass is 10.0. The zero-order valence-electron chi connectivity index (χ0n) is 22.1. The molecule has 208 valence electrons. The number of rotatable bonds is 10. The highest BCUT2D eigenvalue weighted by molar-refractivity contribution is 6.06. The molecule has 2 heterocycles. The topological polar surface area (TPSA) is 108 Å². The summed E-state index contributed by atoms with van der Waals surface area (Å²) in [6.07, 6.45) is 2.12. The first-order valence-electron chi connectivity index (χ1n) is 13.2. The van der Waals surface area contributed by atoms with E-state index in [-0.39, 0.29) is 37.7 Å². The molecule has 0 radical (unpaired) electrons. The Morgan fingerprint density at radius 2 is 1.89 bits per heavy atom. The molecule has 0 bridgehead atoms. The van der Waals surface area contributed by atoms with Crippen LogP contribution >= 0.6 is 0 Å². The fourth-order valence-electron chi connectivity index (χ4n) is 4.87. The Morgan fingerprint density at radius 1 is 1.16 bits per heavy atom. The Morgan fingerprint density at radius 3 is 2.55 bits per heavy atom. The van der Waals surface area contributed by atoms with Gasteiger partial charge in [-0.3, -0.25) is 19.7 Å². The summed E-state index contributed by atoms with van der Waals surface area (Å²) in [7, 11) is 0. The van der Waals surface area contributed by atoms with E-state index >= 15 is 0 Å². The maximum Gasteiger partial charge on any atom is 0.407 e. The first-order valence-corrected chi connectivity index (χ1v) is 13.2. The van der Waals surface area contributed by atoms with E-state index < -0.39 is 42.5 Å². The van der Waals surface area contributed by atoms with Gasteiger partial charge in [-0.1, -0.05) is 18.9 Å². The lowest BCUT2D eigenvalue weighted by molar-refractivity contribution is -0.136. The Balaban J connectivity index is 1.46. The number of fused-ring (bicyclic) bond motifs is 1. The van der Waals surface area contributed by atoms with Gasteiger partial charge in [-0.15, -0.1) is 0 Å². The van der Waals surface area contributed by atoms with Gasteiger partial charge in [-0.2, -0.15) is 0 Å². The molecule has 3 aliphatic rings. The first-order chi connectivity index (χ1) is 17.8. The number of alkyl halides is 2. The van der Waals surface area contributed by atoms with Crippen molar-refractivity contribution in [3.8, 4) is 0 Å². The third-order valence-corrected chi connectivity index (χ3v) is 7.04. The highest BCUT2D eigenvalue weighted by Crippen LogP contribution is 2.37. The van der Waals surface area contributed by atoms with Crippen molar-refractivity contribution in [2.75, 3.05) is 24.5 Å². The molecule has 1 atom stereocenters. The van der Waals surface area contributed by atoms with E-state index in [1.807, 2.05) is 11.0 Å². The maximum atomic E-state index is 14.8. The number of benzene rings is 1. The van der Waals surface area contributed by atoms with Gasteiger partial charge in [0.2, 0.25) is 11.8 Å². The van der Waals surface area contributed by atoms with Crippen LogP contribution < -0.4 is 15.5 Å². The van der Waals surface area contributed by atoms with Crippen molar-refractivity contribution in [2.45, 2.75) is 83.4 Å². The van der Waals surface area contributed by atoms with Gasteiger partial charge in [-0.25, -0.2) is 13.6 Å². The van der Waals surface area contributed by atoms with E-state index in [1.165, 1.54) is 4.90 Å². The summed E-state index contributed by atoms with van der Waals surface area (Å²) in [5.41, 5.74) is 1.06. The molecule has 4 rings (SSSR count). The molecule has 1 aromatic rings. The highest BCUT2D eigenvalue weighted by atomic mass is 19.3. The van der Waals surface area contributed by atoms with Gasteiger partial charge in [0, 0.05) is 49.3 Å². The van der Waals surface area contributed by atoms with Crippen LogP contribution in [0.4, 0.5) is 19.3 Å². The summed E-state index contributed by atoms with van der Waals surface area (Å²) in [5.74, 6) is -3.74. The van der Waals surface area contributed by atoms with Crippen molar-refractivity contribution in [1.29, 1.82) is 0 Å². The lowest BCUT2D eigenvalue weighted by Gasteiger charge is -2.30. The van der Waals surface area contributed by atoms with Crippen molar-refractivity contribution in [2.24, 2.45) is 5.92 Å². The molecule has 1 saturated heterocycles. The molecule has 38 heavy (non-hydrogen) atoms. The van der Waals surface area contributed by atoms with Gasteiger partial charge in [0.15, 0.2) is 0 Å². The summed E-state index contributed by atoms with van der Waals surface area (Å²) in [6.45, 7) is 4.90. The van der Waals surface area contributed by atoms with E-state index in [4.69, 9.17) is 4.74 Å². The number of anilines is 1. The van der Waals surface area contributed by atoms with Crippen LogP contribution in [0.15, 0.2) is 18.2 Å². The molecule has 9 nitrogen and oxygen atoms in total. The van der Waals surface area contributed by atoms with Crippen LogP contribution in [0, 0.1) is 5.92 Å². The van der Waals surface area contributed by atoms with Crippen molar-refractivity contribution in [3.63, 3.8) is 0 Å². The van der Waals surface area contributed by atoms with Crippen LogP contribution in [0.3, 0.4) is 0 Å². The minimum absolute atomic E-state index is 0.0266. The number of piperidine rings is 1. The number of carbonyl (C=O) groups is 4. The predicted octanol–water partition coefficient (Wildman–Crippen LogP) is 3.60. The third-order valence-electron chi connectivity index (χ3n) is 7.04. The molecule has 4 amide bonds. The van der Waals surface area contributed by atoms with Gasteiger partial charge in [0.1, 0.15) is 11.6 Å². The second-order valence-electron chi connectivity index (χ2n) is 11.4. The lowest BCUT2D eigenvalue weighted by Crippen LogP contribution is -2.52. The molecule has 1 saturated carbocycles. The van der Waals surface area contributed by atoms with E-state index in [0.29, 0.717) is 29.3 Å². The number of carbonyl (C=O) groups excluding carboxylic acids is 4. The average Bonchev–Trinajstić information content (AvgIpc) is 3.59. The van der Waals surface area contributed by atoms with Gasteiger partial charge in [0.05, 0.1) is 6.54 Å². The summed E-state index contributed by atoms with van der Waals surface area (Å²) < 4.78 is 34.6. The number of ether oxygens (including phenoxy) is 1. The standard InChI is InChI=1S/C27H36F2N4O5/c1-26(2,3)38-25(37)30-16-27(28,29)12-14-32(13-11-17-7-8-17)20-6-4-5-18-19(20)15-33(24(18)36)21-9-10-22(34)31-23(21)35/h4-6,17,21H,7-16H2,1-3H3,(H,30,37)(H,31,34,35). The quantitative estimate of drug-likeness (QED) is 0.444. The minimum Gasteiger partial charge on any atom is -0.444 e. The van der Waals surface area contributed by atoms with Crippen LogP contribution in [0.1, 0.15) is 75.2 Å². The second-order valence-corrected chi connectivity index (χ2v) is 11.4. The summed E-state index contributed by atoms with van der Waals surface area (Å²) in [4.78, 5) is 52.4.